The number of amides is 1. The summed E-state index contributed by atoms with van der Waals surface area (Å²) < 4.78 is 0.895. The molecule has 20 heavy (non-hydrogen) atoms. The Morgan fingerprint density at radius 3 is 2.75 bits per heavy atom. The molecule has 0 bridgehead atoms. The second kappa shape index (κ2) is 5.79. The molecule has 106 valence electrons. The van der Waals surface area contributed by atoms with E-state index in [0.717, 1.165) is 16.5 Å². The lowest BCUT2D eigenvalue weighted by Crippen LogP contribution is -2.50. The van der Waals surface area contributed by atoms with Crippen molar-refractivity contribution in [1.82, 2.24) is 4.90 Å². The molecule has 1 fully saturated rings. The van der Waals surface area contributed by atoms with E-state index in [2.05, 4.69) is 15.9 Å². The monoisotopic (exact) mass is 337 g/mol. The van der Waals surface area contributed by atoms with Gasteiger partial charge < -0.3 is 10.0 Å². The summed E-state index contributed by atoms with van der Waals surface area (Å²) in [5, 5.41) is 9.30. The van der Waals surface area contributed by atoms with E-state index in [4.69, 9.17) is 0 Å². The van der Waals surface area contributed by atoms with Crippen molar-refractivity contribution >= 4 is 33.9 Å². The van der Waals surface area contributed by atoms with Gasteiger partial charge in [0.05, 0.1) is 0 Å². The van der Waals surface area contributed by atoms with E-state index in [1.807, 2.05) is 24.3 Å². The van der Waals surface area contributed by atoms with Gasteiger partial charge in [-0.3, -0.25) is 4.79 Å². The van der Waals surface area contributed by atoms with Crippen molar-refractivity contribution in [1.29, 1.82) is 0 Å². The number of carboxylic acids is 1. The molecule has 1 aromatic rings. The number of carbonyl (C=O) groups excluding carboxylic acids is 1. The van der Waals surface area contributed by atoms with Gasteiger partial charge in [0.15, 0.2) is 0 Å². The molecular formula is C15H16BrNO3. The zero-order chi connectivity index (χ0) is 14.8. The first kappa shape index (κ1) is 14.8. The molecule has 0 aliphatic carbocycles. The van der Waals surface area contributed by atoms with Gasteiger partial charge in [-0.25, -0.2) is 4.79 Å². The van der Waals surface area contributed by atoms with E-state index in [1.54, 1.807) is 13.0 Å². The van der Waals surface area contributed by atoms with Crippen LogP contribution >= 0.6 is 15.9 Å². The SMILES string of the molecule is CC1(C(=O)O)CCCN1C(=O)C=Cc1ccccc1Br. The molecular weight excluding hydrogens is 322 g/mol. The molecule has 5 heteroatoms. The molecule has 1 aromatic carbocycles. The quantitative estimate of drug-likeness (QED) is 0.862. The molecule has 1 aliphatic rings. The minimum atomic E-state index is -1.09. The number of hydrogen-bond donors (Lipinski definition) is 1. The Balaban J connectivity index is 2.17. The Kier molecular flexibility index (Phi) is 4.28. The Morgan fingerprint density at radius 1 is 1.40 bits per heavy atom. The predicted molar refractivity (Wildman–Crippen MR) is 80.2 cm³/mol. The van der Waals surface area contributed by atoms with Gasteiger partial charge in [0.1, 0.15) is 5.54 Å². The van der Waals surface area contributed by atoms with E-state index in [-0.39, 0.29) is 5.91 Å². The van der Waals surface area contributed by atoms with Crippen LogP contribution in [0.15, 0.2) is 34.8 Å². The van der Waals surface area contributed by atoms with E-state index in [0.29, 0.717) is 13.0 Å². The Bertz CT molecular complexity index is 570. The lowest BCUT2D eigenvalue weighted by atomic mass is 9.99. The number of hydrogen-bond acceptors (Lipinski definition) is 2. The van der Waals surface area contributed by atoms with Crippen LogP contribution < -0.4 is 0 Å². The number of aliphatic carboxylic acids is 1. The van der Waals surface area contributed by atoms with Crippen LogP contribution in [0.5, 0.6) is 0 Å². The Labute approximate surface area is 126 Å². The second-order valence-corrected chi connectivity index (χ2v) is 5.88. The van der Waals surface area contributed by atoms with Crippen LogP contribution in [0, 0.1) is 0 Å². The molecule has 1 N–H and O–H groups in total. The molecule has 4 nitrogen and oxygen atoms in total. The molecule has 0 aromatic heterocycles. The van der Waals surface area contributed by atoms with Crippen molar-refractivity contribution in [2.45, 2.75) is 25.3 Å². The number of nitrogens with zero attached hydrogens (tertiary/aromatic N) is 1. The molecule has 1 atom stereocenters. The molecule has 2 rings (SSSR count). The first-order valence-electron chi connectivity index (χ1n) is 6.43. The van der Waals surface area contributed by atoms with Crippen LogP contribution in [-0.2, 0) is 9.59 Å². The fourth-order valence-corrected chi connectivity index (χ4v) is 2.82. The fraction of sp³-hybridized carbons (Fsp3) is 0.333. The zero-order valence-electron chi connectivity index (χ0n) is 11.2. The number of benzene rings is 1. The largest absolute Gasteiger partial charge is 0.480 e. The minimum Gasteiger partial charge on any atom is -0.480 e. The van der Waals surface area contributed by atoms with Crippen LogP contribution in [0.2, 0.25) is 0 Å². The van der Waals surface area contributed by atoms with Gasteiger partial charge in [-0.2, -0.15) is 0 Å². The topological polar surface area (TPSA) is 57.6 Å². The van der Waals surface area contributed by atoms with Gasteiger partial charge in [0.2, 0.25) is 5.91 Å². The summed E-state index contributed by atoms with van der Waals surface area (Å²) in [4.78, 5) is 25.0. The third-order valence-corrected chi connectivity index (χ3v) is 4.40. The summed E-state index contributed by atoms with van der Waals surface area (Å²) in [5.41, 5.74) is -0.202. The lowest BCUT2D eigenvalue weighted by Gasteiger charge is -2.30. The van der Waals surface area contributed by atoms with E-state index < -0.39 is 11.5 Å². The molecule has 0 radical (unpaired) electrons. The third kappa shape index (κ3) is 2.77. The zero-order valence-corrected chi connectivity index (χ0v) is 12.8. The molecule has 1 amide bonds. The summed E-state index contributed by atoms with van der Waals surface area (Å²) in [5.74, 6) is -1.21. The maximum atomic E-state index is 12.2. The van der Waals surface area contributed by atoms with Crippen molar-refractivity contribution in [2.24, 2.45) is 0 Å². The Hall–Kier alpha value is -1.62. The number of carbonyl (C=O) groups is 2. The normalized spacial score (nSPS) is 22.4. The number of carboxylic acid groups (broad SMARTS) is 1. The van der Waals surface area contributed by atoms with Crippen LogP contribution in [-0.4, -0.2) is 34.0 Å². The van der Waals surface area contributed by atoms with Crippen molar-refractivity contribution in [2.75, 3.05) is 6.54 Å². The minimum absolute atomic E-state index is 0.261. The number of rotatable bonds is 3. The molecule has 0 spiro atoms. The molecule has 1 heterocycles. The second-order valence-electron chi connectivity index (χ2n) is 5.03. The van der Waals surface area contributed by atoms with Gasteiger partial charge in [0, 0.05) is 17.1 Å². The van der Waals surface area contributed by atoms with Crippen LogP contribution in [0.1, 0.15) is 25.3 Å². The average Bonchev–Trinajstić information content (AvgIpc) is 2.81. The van der Waals surface area contributed by atoms with Gasteiger partial charge in [-0.05, 0) is 37.5 Å². The highest BCUT2D eigenvalue weighted by Gasteiger charge is 2.45. The average molecular weight is 338 g/mol. The highest BCUT2D eigenvalue weighted by molar-refractivity contribution is 9.10. The molecule has 1 aliphatic heterocycles. The summed E-state index contributed by atoms with van der Waals surface area (Å²) >= 11 is 3.41. The summed E-state index contributed by atoms with van der Waals surface area (Å²) in [6.45, 7) is 2.09. The van der Waals surface area contributed by atoms with Gasteiger partial charge in [-0.1, -0.05) is 34.1 Å². The van der Waals surface area contributed by atoms with Gasteiger partial charge >= 0.3 is 5.97 Å². The van der Waals surface area contributed by atoms with Gasteiger partial charge in [0.25, 0.3) is 0 Å². The number of likely N-dealkylation sites (tertiary alicyclic amines) is 1. The predicted octanol–water partition coefficient (Wildman–Crippen LogP) is 2.93. The van der Waals surface area contributed by atoms with E-state index in [1.165, 1.54) is 11.0 Å². The first-order chi connectivity index (χ1) is 9.45. The van der Waals surface area contributed by atoms with E-state index >= 15 is 0 Å². The van der Waals surface area contributed by atoms with Crippen LogP contribution in [0.3, 0.4) is 0 Å². The van der Waals surface area contributed by atoms with Crippen molar-refractivity contribution in [3.63, 3.8) is 0 Å². The van der Waals surface area contributed by atoms with Crippen LogP contribution in [0.25, 0.3) is 6.08 Å². The smallest absolute Gasteiger partial charge is 0.329 e. The first-order valence-corrected chi connectivity index (χ1v) is 7.22. The highest BCUT2D eigenvalue weighted by atomic mass is 79.9. The molecule has 0 saturated carbocycles. The maximum Gasteiger partial charge on any atom is 0.329 e. The van der Waals surface area contributed by atoms with E-state index in [9.17, 15) is 14.7 Å². The summed E-state index contributed by atoms with van der Waals surface area (Å²) in [6, 6.07) is 7.55. The third-order valence-electron chi connectivity index (χ3n) is 3.68. The number of halogens is 1. The standard InChI is InChI=1S/C15H16BrNO3/c1-15(14(19)20)9-4-10-17(15)13(18)8-7-11-5-2-3-6-12(11)16/h2-3,5-8H,4,9-10H2,1H3,(H,19,20). The summed E-state index contributed by atoms with van der Waals surface area (Å²) in [6.07, 6.45) is 4.36. The summed E-state index contributed by atoms with van der Waals surface area (Å²) in [7, 11) is 0. The van der Waals surface area contributed by atoms with Crippen LogP contribution in [0.4, 0.5) is 0 Å². The molecule has 1 unspecified atom stereocenters. The van der Waals surface area contributed by atoms with Crippen molar-refractivity contribution in [3.05, 3.63) is 40.4 Å². The van der Waals surface area contributed by atoms with Gasteiger partial charge in [-0.15, -0.1) is 0 Å². The van der Waals surface area contributed by atoms with Crippen molar-refractivity contribution in [3.8, 4) is 0 Å². The Morgan fingerprint density at radius 2 is 2.10 bits per heavy atom. The highest BCUT2D eigenvalue weighted by Crippen LogP contribution is 2.29. The van der Waals surface area contributed by atoms with Crippen molar-refractivity contribution < 1.29 is 14.7 Å². The fourth-order valence-electron chi connectivity index (χ4n) is 2.40. The molecule has 1 saturated heterocycles. The maximum absolute atomic E-state index is 12.2. The lowest BCUT2D eigenvalue weighted by molar-refractivity contribution is -0.153.